The maximum absolute atomic E-state index is 12.4. The third-order valence-electron chi connectivity index (χ3n) is 3.82. The van der Waals surface area contributed by atoms with Gasteiger partial charge in [-0.25, -0.2) is 4.79 Å². The predicted molar refractivity (Wildman–Crippen MR) is 96.8 cm³/mol. The lowest BCUT2D eigenvalue weighted by atomic mass is 10.1. The summed E-state index contributed by atoms with van der Waals surface area (Å²) >= 11 is 0. The van der Waals surface area contributed by atoms with Crippen molar-refractivity contribution < 1.29 is 19.1 Å². The van der Waals surface area contributed by atoms with Gasteiger partial charge in [0.1, 0.15) is 5.75 Å². The van der Waals surface area contributed by atoms with E-state index in [4.69, 9.17) is 9.47 Å². The third-order valence-corrected chi connectivity index (χ3v) is 3.82. The molecule has 0 spiro atoms. The lowest BCUT2D eigenvalue weighted by Crippen LogP contribution is -2.12. The number of rotatable bonds is 8. The lowest BCUT2D eigenvalue weighted by Gasteiger charge is -2.10. The van der Waals surface area contributed by atoms with E-state index in [-0.39, 0.29) is 12.4 Å². The molecule has 25 heavy (non-hydrogen) atoms. The Morgan fingerprint density at radius 2 is 1.68 bits per heavy atom. The summed E-state index contributed by atoms with van der Waals surface area (Å²) in [6.45, 7) is 4.23. The van der Waals surface area contributed by atoms with Crippen LogP contribution in [0, 0.1) is 0 Å². The summed E-state index contributed by atoms with van der Waals surface area (Å²) in [5.74, 6) is -0.389. The predicted octanol–water partition coefficient (Wildman–Crippen LogP) is 4.35. The molecule has 0 atom stereocenters. The van der Waals surface area contributed by atoms with Crippen molar-refractivity contribution in [3.63, 3.8) is 0 Å². The fourth-order valence-electron chi connectivity index (χ4n) is 2.46. The zero-order chi connectivity index (χ0) is 18.1. The van der Waals surface area contributed by atoms with Gasteiger partial charge < -0.3 is 9.47 Å². The summed E-state index contributed by atoms with van der Waals surface area (Å²) in [5, 5.41) is 0. The first kappa shape index (κ1) is 18.7. The molecule has 0 aliphatic rings. The summed E-state index contributed by atoms with van der Waals surface area (Å²) in [6, 6.07) is 14.5. The monoisotopic (exact) mass is 340 g/mol. The number of esters is 2. The zero-order valence-corrected chi connectivity index (χ0v) is 14.8. The first-order valence-corrected chi connectivity index (χ1v) is 8.68. The van der Waals surface area contributed by atoms with Gasteiger partial charge in [-0.15, -0.1) is 0 Å². The van der Waals surface area contributed by atoms with E-state index in [1.54, 1.807) is 43.3 Å². The van der Waals surface area contributed by atoms with E-state index in [9.17, 15) is 9.59 Å². The number of unbranched alkanes of at least 4 members (excludes halogenated alkanes) is 1. The van der Waals surface area contributed by atoms with Crippen LogP contribution in [0.25, 0.3) is 0 Å². The van der Waals surface area contributed by atoms with E-state index >= 15 is 0 Å². The molecule has 0 heterocycles. The fraction of sp³-hybridized carbons (Fsp3) is 0.333. The Morgan fingerprint density at radius 3 is 2.36 bits per heavy atom. The number of benzene rings is 2. The van der Waals surface area contributed by atoms with Gasteiger partial charge in [-0.1, -0.05) is 43.7 Å². The molecule has 0 fully saturated rings. The van der Waals surface area contributed by atoms with Crippen LogP contribution >= 0.6 is 0 Å². The summed E-state index contributed by atoms with van der Waals surface area (Å²) in [6.07, 6.45) is 3.35. The van der Waals surface area contributed by atoms with Gasteiger partial charge in [-0.2, -0.15) is 0 Å². The van der Waals surface area contributed by atoms with E-state index in [1.807, 2.05) is 12.1 Å². The molecule has 0 aromatic heterocycles. The van der Waals surface area contributed by atoms with E-state index in [0.29, 0.717) is 23.5 Å². The molecule has 0 N–H and O–H groups in total. The molecule has 4 heteroatoms. The number of ether oxygens (including phenoxy) is 2. The molecular weight excluding hydrogens is 316 g/mol. The van der Waals surface area contributed by atoms with Crippen molar-refractivity contribution in [2.45, 2.75) is 39.5 Å². The number of aryl methyl sites for hydroxylation is 1. The van der Waals surface area contributed by atoms with Gasteiger partial charge in [0.2, 0.25) is 0 Å². The summed E-state index contributed by atoms with van der Waals surface area (Å²) in [5.41, 5.74) is 2.33. The molecule has 2 aromatic carbocycles. The maximum Gasteiger partial charge on any atom is 0.343 e. The summed E-state index contributed by atoms with van der Waals surface area (Å²) < 4.78 is 10.4. The van der Waals surface area contributed by atoms with Gasteiger partial charge in [-0.05, 0) is 43.5 Å². The van der Waals surface area contributed by atoms with Crippen molar-refractivity contribution in [2.24, 2.45) is 0 Å². The first-order valence-electron chi connectivity index (χ1n) is 8.68. The number of carbonyl (C=O) groups excluding carboxylic acids is 2. The van der Waals surface area contributed by atoms with Gasteiger partial charge >= 0.3 is 11.9 Å². The molecule has 0 saturated carbocycles. The van der Waals surface area contributed by atoms with E-state index in [2.05, 4.69) is 6.92 Å². The van der Waals surface area contributed by atoms with Crippen LogP contribution in [-0.2, 0) is 22.4 Å². The second-order valence-corrected chi connectivity index (χ2v) is 5.78. The normalized spacial score (nSPS) is 10.3. The van der Waals surface area contributed by atoms with Crippen molar-refractivity contribution in [1.29, 1.82) is 0 Å². The third kappa shape index (κ3) is 5.75. The van der Waals surface area contributed by atoms with E-state index < -0.39 is 5.97 Å². The molecule has 4 nitrogen and oxygen atoms in total. The largest absolute Gasteiger partial charge is 0.466 e. The Morgan fingerprint density at radius 1 is 0.960 bits per heavy atom. The van der Waals surface area contributed by atoms with Crippen LogP contribution in [-0.4, -0.2) is 18.5 Å². The Balaban J connectivity index is 2.06. The standard InChI is InChI=1S/C21H24O4/c1-3-5-8-16-11-13-17(14-12-16)21(23)25-19-10-7-6-9-18(19)15-20(22)24-4-2/h6-7,9-14H,3-5,8,15H2,1-2H3. The van der Waals surface area contributed by atoms with E-state index in [0.717, 1.165) is 19.3 Å². The van der Waals surface area contributed by atoms with Crippen LogP contribution in [0.1, 0.15) is 48.2 Å². The Bertz CT molecular complexity index is 704. The number of hydrogen-bond donors (Lipinski definition) is 0. The smallest absolute Gasteiger partial charge is 0.343 e. The van der Waals surface area contributed by atoms with Crippen molar-refractivity contribution in [3.05, 3.63) is 65.2 Å². The van der Waals surface area contributed by atoms with Crippen LogP contribution in [0.3, 0.4) is 0 Å². The maximum atomic E-state index is 12.4. The molecule has 0 aliphatic heterocycles. The van der Waals surface area contributed by atoms with Crippen LogP contribution in [0.4, 0.5) is 0 Å². The second-order valence-electron chi connectivity index (χ2n) is 5.78. The topological polar surface area (TPSA) is 52.6 Å². The molecule has 0 bridgehead atoms. The number of carbonyl (C=O) groups is 2. The Hall–Kier alpha value is -2.62. The molecule has 0 aliphatic carbocycles. The van der Waals surface area contributed by atoms with Crippen LogP contribution < -0.4 is 4.74 Å². The average Bonchev–Trinajstić information content (AvgIpc) is 2.62. The van der Waals surface area contributed by atoms with Gasteiger partial charge in [0.05, 0.1) is 18.6 Å². The van der Waals surface area contributed by atoms with Gasteiger partial charge in [0, 0.05) is 5.56 Å². The van der Waals surface area contributed by atoms with Crippen LogP contribution in [0.5, 0.6) is 5.75 Å². The van der Waals surface area contributed by atoms with Crippen LogP contribution in [0.15, 0.2) is 48.5 Å². The minimum atomic E-state index is -0.432. The molecule has 0 saturated heterocycles. The van der Waals surface area contributed by atoms with Crippen molar-refractivity contribution >= 4 is 11.9 Å². The van der Waals surface area contributed by atoms with Crippen LogP contribution in [0.2, 0.25) is 0 Å². The van der Waals surface area contributed by atoms with Gasteiger partial charge in [-0.3, -0.25) is 4.79 Å². The minimum absolute atomic E-state index is 0.0766. The molecule has 132 valence electrons. The highest BCUT2D eigenvalue weighted by atomic mass is 16.5. The molecule has 0 radical (unpaired) electrons. The molecule has 2 aromatic rings. The zero-order valence-electron chi connectivity index (χ0n) is 14.8. The average molecular weight is 340 g/mol. The number of hydrogen-bond acceptors (Lipinski definition) is 4. The molecule has 0 unspecified atom stereocenters. The summed E-state index contributed by atoms with van der Waals surface area (Å²) in [4.78, 5) is 24.0. The SMILES string of the molecule is CCCCc1ccc(C(=O)Oc2ccccc2CC(=O)OCC)cc1. The Kier molecular flexibility index (Phi) is 7.20. The highest BCUT2D eigenvalue weighted by molar-refractivity contribution is 5.91. The molecule has 2 rings (SSSR count). The summed E-state index contributed by atoms with van der Waals surface area (Å²) in [7, 11) is 0. The van der Waals surface area contributed by atoms with Crippen molar-refractivity contribution in [3.8, 4) is 5.75 Å². The van der Waals surface area contributed by atoms with Crippen molar-refractivity contribution in [1.82, 2.24) is 0 Å². The van der Waals surface area contributed by atoms with E-state index in [1.165, 1.54) is 5.56 Å². The fourth-order valence-corrected chi connectivity index (χ4v) is 2.46. The number of para-hydroxylation sites is 1. The first-order chi connectivity index (χ1) is 12.1. The van der Waals surface area contributed by atoms with Crippen molar-refractivity contribution in [2.75, 3.05) is 6.61 Å². The molecular formula is C21H24O4. The quantitative estimate of drug-likeness (QED) is 0.529. The van der Waals surface area contributed by atoms with Gasteiger partial charge in [0.15, 0.2) is 0 Å². The second kappa shape index (κ2) is 9.62. The van der Waals surface area contributed by atoms with Gasteiger partial charge in [0.25, 0.3) is 0 Å². The molecule has 0 amide bonds. The lowest BCUT2D eigenvalue weighted by molar-refractivity contribution is -0.142. The highest BCUT2D eigenvalue weighted by Gasteiger charge is 2.14. The Labute approximate surface area is 148 Å². The minimum Gasteiger partial charge on any atom is -0.466 e. The highest BCUT2D eigenvalue weighted by Crippen LogP contribution is 2.20.